The van der Waals surface area contributed by atoms with E-state index in [2.05, 4.69) is 43.0 Å². The van der Waals surface area contributed by atoms with Gasteiger partial charge in [0.15, 0.2) is 0 Å². The molecule has 0 amide bonds. The monoisotopic (exact) mass is 441 g/mol. The molecule has 0 aromatic carbocycles. The van der Waals surface area contributed by atoms with Crippen LogP contribution in [0, 0.1) is 0 Å². The van der Waals surface area contributed by atoms with Crippen molar-refractivity contribution in [2.45, 2.75) is 57.0 Å². The molecule has 1 unspecified atom stereocenters. The van der Waals surface area contributed by atoms with E-state index in [1.807, 2.05) is 0 Å². The van der Waals surface area contributed by atoms with E-state index in [9.17, 15) is 0 Å². The number of nitrogens with zero attached hydrogens (tertiary/aromatic N) is 2. The Bertz CT molecular complexity index is 696. The molecule has 1 atom stereocenters. The molecular weight excluding hydrogens is 403 g/mol. The molecule has 0 spiro atoms. The van der Waals surface area contributed by atoms with Crippen molar-refractivity contribution in [2.75, 3.05) is 40.2 Å². The van der Waals surface area contributed by atoms with E-state index in [1.165, 1.54) is 0 Å². The van der Waals surface area contributed by atoms with Crippen LogP contribution in [-0.4, -0.2) is 65.2 Å². The summed E-state index contributed by atoms with van der Waals surface area (Å²) in [4.78, 5) is 15.0. The van der Waals surface area contributed by atoms with Gasteiger partial charge in [0.1, 0.15) is 11.6 Å². The van der Waals surface area contributed by atoms with Crippen molar-refractivity contribution in [3.63, 3.8) is 0 Å². The molecule has 2 fully saturated rings. The number of aromatic nitrogens is 4. The lowest BCUT2D eigenvalue weighted by Crippen LogP contribution is -2.31. The maximum Gasteiger partial charge on any atom is 0.210 e. The zero-order valence-corrected chi connectivity index (χ0v) is 19.5. The lowest BCUT2D eigenvalue weighted by molar-refractivity contribution is 0.0536. The van der Waals surface area contributed by atoms with Gasteiger partial charge in [-0.3, -0.25) is 0 Å². The summed E-state index contributed by atoms with van der Waals surface area (Å²) >= 11 is 0. The Morgan fingerprint density at radius 1 is 1.03 bits per heavy atom. The van der Waals surface area contributed by atoms with Crippen LogP contribution in [-0.2, 0) is 26.9 Å². The summed E-state index contributed by atoms with van der Waals surface area (Å²) in [7, 11) is 3.89. The van der Waals surface area contributed by atoms with Gasteiger partial charge in [-0.05, 0) is 25.7 Å². The first kappa shape index (κ1) is 23.2. The maximum absolute atomic E-state index is 8.94. The molecule has 2 aliphatic heterocycles. The number of methoxy groups -OCH3 is 1. The van der Waals surface area contributed by atoms with Gasteiger partial charge < -0.3 is 29.3 Å². The van der Waals surface area contributed by atoms with Gasteiger partial charge in [0.2, 0.25) is 5.88 Å². The van der Waals surface area contributed by atoms with E-state index in [4.69, 9.17) is 20.7 Å². The van der Waals surface area contributed by atoms with E-state index in [0.717, 1.165) is 75.3 Å². The molecule has 4 heterocycles. The maximum atomic E-state index is 8.94. The van der Waals surface area contributed by atoms with E-state index in [-0.39, 0.29) is 17.4 Å². The number of aliphatic hydroxyl groups is 1. The molecular formula is C21H37N4O4P. The predicted molar refractivity (Wildman–Crippen MR) is 120 cm³/mol. The van der Waals surface area contributed by atoms with Gasteiger partial charge in [-0.15, -0.1) is 9.24 Å². The standard InChI is InChI=1S/2C10H16N2O2.CH5P/c1-10(3-5-14-6-4-10)9-11-7-8(12-9)13-2;1-10(2-4-14-5-3-10)9-11-6-8(7-13)12-9;1-2/h7H,3-6H2,1-2H3,(H,11,12);6,13H,2-5,7H2,1H3,(H,11,12);2H2,1H3/i;;1D. The average Bonchev–Trinajstić information content (AvgIpc) is 3.46. The first-order valence-electron chi connectivity index (χ1n) is 11.0. The molecule has 4 rings (SSSR count). The highest BCUT2D eigenvalue weighted by Gasteiger charge is 2.33. The lowest BCUT2D eigenvalue weighted by Gasteiger charge is -2.31. The number of aliphatic hydroxyl groups excluding tert-OH is 1. The van der Waals surface area contributed by atoms with Gasteiger partial charge in [-0.2, -0.15) is 0 Å². The van der Waals surface area contributed by atoms with Crippen LogP contribution in [0.2, 0.25) is 0 Å². The fraction of sp³-hybridized carbons (Fsp3) is 0.714. The molecule has 30 heavy (non-hydrogen) atoms. The number of hydrogen-bond acceptors (Lipinski definition) is 6. The van der Waals surface area contributed by atoms with Crippen LogP contribution in [0.5, 0.6) is 5.88 Å². The van der Waals surface area contributed by atoms with Crippen LogP contribution in [0.1, 0.15) is 58.2 Å². The fourth-order valence-electron chi connectivity index (χ4n) is 3.58. The molecule has 0 aliphatic carbocycles. The molecule has 8 nitrogen and oxygen atoms in total. The number of ether oxygens (including phenoxy) is 3. The SMILES string of the molecule is CC1(c2ncc(CO)[nH]2)CCOCC1.COc1cnc(C2(C)CCOCC2)[nH]1.[2H]CP. The van der Waals surface area contributed by atoms with Crippen LogP contribution in [0.4, 0.5) is 0 Å². The number of nitrogens with one attached hydrogen (secondary N) is 2. The summed E-state index contributed by atoms with van der Waals surface area (Å²) in [6.45, 7) is 8.08. The Hall–Kier alpha value is -1.47. The molecule has 0 saturated carbocycles. The Labute approximate surface area is 183 Å². The third kappa shape index (κ3) is 6.27. The number of imidazole rings is 2. The topological polar surface area (TPSA) is 105 Å². The Morgan fingerprint density at radius 3 is 1.90 bits per heavy atom. The van der Waals surface area contributed by atoms with Crippen LogP contribution in [0.15, 0.2) is 12.4 Å². The van der Waals surface area contributed by atoms with Crippen molar-refractivity contribution in [2.24, 2.45) is 0 Å². The molecule has 3 N–H and O–H groups in total. The number of hydrogen-bond donors (Lipinski definition) is 3. The largest absolute Gasteiger partial charge is 0.481 e. The summed E-state index contributed by atoms with van der Waals surface area (Å²) in [6.07, 6.45) is 7.45. The van der Waals surface area contributed by atoms with Gasteiger partial charge in [0, 0.05) is 38.6 Å². The van der Waals surface area contributed by atoms with E-state index < -0.39 is 0 Å². The second kappa shape index (κ2) is 11.8. The number of H-pyrrole nitrogens is 2. The van der Waals surface area contributed by atoms with Crippen LogP contribution < -0.4 is 4.74 Å². The van der Waals surface area contributed by atoms with Crippen LogP contribution >= 0.6 is 9.24 Å². The van der Waals surface area contributed by atoms with Crippen molar-refractivity contribution in [1.29, 1.82) is 0 Å². The van der Waals surface area contributed by atoms with Crippen LogP contribution in [0.25, 0.3) is 0 Å². The smallest absolute Gasteiger partial charge is 0.210 e. The van der Waals surface area contributed by atoms with Crippen molar-refractivity contribution in [1.82, 2.24) is 19.9 Å². The Morgan fingerprint density at radius 2 is 1.50 bits per heavy atom. The van der Waals surface area contributed by atoms with Gasteiger partial charge in [0.25, 0.3) is 0 Å². The molecule has 2 aromatic rings. The Balaban J connectivity index is 0.000000196. The minimum Gasteiger partial charge on any atom is -0.481 e. The van der Waals surface area contributed by atoms with Gasteiger partial charge >= 0.3 is 0 Å². The molecule has 0 radical (unpaired) electrons. The summed E-state index contributed by atoms with van der Waals surface area (Å²) in [5, 5.41) is 8.94. The van der Waals surface area contributed by atoms with Gasteiger partial charge in [0.05, 0.1) is 31.8 Å². The molecule has 0 bridgehead atoms. The molecule has 2 aromatic heterocycles. The quantitative estimate of drug-likeness (QED) is 0.630. The number of rotatable bonds is 4. The summed E-state index contributed by atoms with van der Waals surface area (Å²) in [5.74, 6) is 2.72. The van der Waals surface area contributed by atoms with E-state index in [0.29, 0.717) is 6.64 Å². The second-order valence-corrected chi connectivity index (χ2v) is 8.06. The van der Waals surface area contributed by atoms with E-state index in [1.54, 1.807) is 19.5 Å². The highest BCUT2D eigenvalue weighted by atomic mass is 31.0. The fourth-order valence-corrected chi connectivity index (χ4v) is 3.58. The average molecular weight is 442 g/mol. The van der Waals surface area contributed by atoms with E-state index >= 15 is 0 Å². The zero-order chi connectivity index (χ0) is 22.7. The minimum absolute atomic E-state index is 0.0274. The molecule has 2 aliphatic rings. The zero-order valence-electron chi connectivity index (χ0n) is 19.4. The van der Waals surface area contributed by atoms with Crippen molar-refractivity contribution < 1.29 is 20.7 Å². The molecule has 9 heteroatoms. The van der Waals surface area contributed by atoms with Crippen molar-refractivity contribution >= 4 is 9.24 Å². The van der Waals surface area contributed by atoms with Crippen LogP contribution in [0.3, 0.4) is 0 Å². The predicted octanol–water partition coefficient (Wildman–Crippen LogP) is 2.95. The number of aromatic amines is 2. The van der Waals surface area contributed by atoms with Crippen molar-refractivity contribution in [3.8, 4) is 5.88 Å². The second-order valence-electron chi connectivity index (χ2n) is 8.06. The van der Waals surface area contributed by atoms with Gasteiger partial charge in [-0.1, -0.05) is 20.5 Å². The van der Waals surface area contributed by atoms with Gasteiger partial charge in [-0.25, -0.2) is 9.97 Å². The summed E-state index contributed by atoms with van der Waals surface area (Å²) in [5.41, 5.74) is 0.994. The summed E-state index contributed by atoms with van der Waals surface area (Å²) in [6, 6.07) is 0. The first-order chi connectivity index (χ1) is 14.9. The third-order valence-corrected chi connectivity index (χ3v) is 5.91. The molecule has 170 valence electrons. The first-order valence-corrected chi connectivity index (χ1v) is 11.1. The van der Waals surface area contributed by atoms with Crippen molar-refractivity contribution in [3.05, 3.63) is 29.7 Å². The normalized spacial score (nSPS) is 20.1. The highest BCUT2D eigenvalue weighted by molar-refractivity contribution is 7.15. The highest BCUT2D eigenvalue weighted by Crippen LogP contribution is 2.33. The minimum atomic E-state index is 0.0274. The Kier molecular flexibility index (Phi) is 9.12. The molecule has 2 saturated heterocycles. The third-order valence-electron chi connectivity index (χ3n) is 5.91. The summed E-state index contributed by atoms with van der Waals surface area (Å²) < 4.78 is 21.9. The lowest BCUT2D eigenvalue weighted by atomic mass is 9.82.